The van der Waals surface area contributed by atoms with Gasteiger partial charge in [-0.2, -0.15) is 0 Å². The molecule has 2 fully saturated rings. The van der Waals surface area contributed by atoms with Crippen LogP contribution in [0.5, 0.6) is 11.5 Å². The molecule has 1 atom stereocenters. The third kappa shape index (κ3) is 2.89. The Hall–Kier alpha value is -1.22. The van der Waals surface area contributed by atoms with E-state index in [1.165, 1.54) is 37.8 Å². The zero-order chi connectivity index (χ0) is 14.2. The molecule has 1 heterocycles. The van der Waals surface area contributed by atoms with Crippen molar-refractivity contribution in [2.45, 2.75) is 38.1 Å². The molecule has 3 aliphatic rings. The minimum absolute atomic E-state index is 0.420. The van der Waals surface area contributed by atoms with Gasteiger partial charge in [-0.1, -0.05) is 0 Å². The smallest absolute Gasteiger partial charge is 0.124 e. The number of nitrogens with one attached hydrogen (secondary N) is 1. The molecule has 1 aliphatic heterocycles. The molecule has 2 aliphatic carbocycles. The van der Waals surface area contributed by atoms with Crippen LogP contribution in [-0.4, -0.2) is 20.3 Å². The molecule has 0 aromatic heterocycles. The standard InChI is InChI=1S/C18H25NO2/c1-20-14-6-7-18-15(10-14)17(8-9-21-18)19-11-16(12-2-3-12)13-4-5-13/h6-7,10,12-13,16-17,19H,2-5,8-9,11H2,1H3. The number of methoxy groups -OCH3 is 1. The van der Waals surface area contributed by atoms with E-state index in [2.05, 4.69) is 11.4 Å². The molecule has 1 aromatic rings. The molecule has 1 N–H and O–H groups in total. The lowest BCUT2D eigenvalue weighted by molar-refractivity contribution is 0.242. The summed E-state index contributed by atoms with van der Waals surface area (Å²) in [5, 5.41) is 3.84. The van der Waals surface area contributed by atoms with Crippen LogP contribution in [0.3, 0.4) is 0 Å². The zero-order valence-electron chi connectivity index (χ0n) is 12.8. The SMILES string of the molecule is COc1ccc2c(c1)C(NCC(C1CC1)C1CC1)CCO2. The average molecular weight is 287 g/mol. The molecule has 3 heteroatoms. The van der Waals surface area contributed by atoms with Crippen LogP contribution in [0.4, 0.5) is 0 Å². The molecule has 3 nitrogen and oxygen atoms in total. The Bertz CT molecular complexity index is 496. The molecule has 0 bridgehead atoms. The maximum absolute atomic E-state index is 5.78. The second kappa shape index (κ2) is 5.53. The van der Waals surface area contributed by atoms with Crippen LogP contribution in [0.2, 0.25) is 0 Å². The topological polar surface area (TPSA) is 30.5 Å². The van der Waals surface area contributed by atoms with Gasteiger partial charge in [0.05, 0.1) is 13.7 Å². The van der Waals surface area contributed by atoms with Gasteiger partial charge in [0.2, 0.25) is 0 Å². The summed E-state index contributed by atoms with van der Waals surface area (Å²) in [4.78, 5) is 0. The van der Waals surface area contributed by atoms with Gasteiger partial charge in [0.1, 0.15) is 11.5 Å². The molecule has 0 spiro atoms. The predicted molar refractivity (Wildman–Crippen MR) is 82.8 cm³/mol. The molecule has 4 rings (SSSR count). The van der Waals surface area contributed by atoms with E-state index >= 15 is 0 Å². The van der Waals surface area contributed by atoms with Crippen molar-refractivity contribution in [2.24, 2.45) is 17.8 Å². The highest BCUT2D eigenvalue weighted by Gasteiger charge is 2.41. The van der Waals surface area contributed by atoms with Crippen LogP contribution in [0.15, 0.2) is 18.2 Å². The second-order valence-corrected chi connectivity index (χ2v) is 6.84. The molecule has 0 amide bonds. The summed E-state index contributed by atoms with van der Waals surface area (Å²) >= 11 is 0. The van der Waals surface area contributed by atoms with E-state index in [0.717, 1.165) is 42.3 Å². The Labute approximate surface area is 127 Å². The number of hydrogen-bond acceptors (Lipinski definition) is 3. The summed E-state index contributed by atoms with van der Waals surface area (Å²) in [6.07, 6.45) is 6.90. The van der Waals surface area contributed by atoms with Crippen molar-refractivity contribution in [3.63, 3.8) is 0 Å². The first-order valence-corrected chi connectivity index (χ1v) is 8.39. The summed E-state index contributed by atoms with van der Waals surface area (Å²) in [6.45, 7) is 1.99. The van der Waals surface area contributed by atoms with Gasteiger partial charge in [0.15, 0.2) is 0 Å². The van der Waals surface area contributed by atoms with Crippen LogP contribution in [-0.2, 0) is 0 Å². The first kappa shape index (κ1) is 13.4. The molecule has 21 heavy (non-hydrogen) atoms. The quantitative estimate of drug-likeness (QED) is 0.868. The Balaban J connectivity index is 1.46. The lowest BCUT2D eigenvalue weighted by Gasteiger charge is -2.29. The Kier molecular flexibility index (Phi) is 3.54. The number of fused-ring (bicyclic) bond motifs is 1. The van der Waals surface area contributed by atoms with E-state index in [1.807, 2.05) is 12.1 Å². The first-order chi connectivity index (χ1) is 10.3. The average Bonchev–Trinajstić information content (AvgIpc) is 3.40. The van der Waals surface area contributed by atoms with E-state index in [1.54, 1.807) is 7.11 Å². The van der Waals surface area contributed by atoms with Crippen molar-refractivity contribution >= 4 is 0 Å². The molecule has 2 saturated carbocycles. The molecule has 0 saturated heterocycles. The van der Waals surface area contributed by atoms with Crippen molar-refractivity contribution in [3.05, 3.63) is 23.8 Å². The van der Waals surface area contributed by atoms with E-state index in [-0.39, 0.29) is 0 Å². The number of benzene rings is 1. The zero-order valence-corrected chi connectivity index (χ0v) is 12.8. The van der Waals surface area contributed by atoms with Crippen molar-refractivity contribution in [1.29, 1.82) is 0 Å². The van der Waals surface area contributed by atoms with Crippen molar-refractivity contribution in [1.82, 2.24) is 5.32 Å². The number of hydrogen-bond donors (Lipinski definition) is 1. The van der Waals surface area contributed by atoms with Crippen LogP contribution < -0.4 is 14.8 Å². The summed E-state index contributed by atoms with van der Waals surface area (Å²) in [5.41, 5.74) is 1.27. The number of ether oxygens (including phenoxy) is 2. The largest absolute Gasteiger partial charge is 0.497 e. The van der Waals surface area contributed by atoms with E-state index in [0.29, 0.717) is 6.04 Å². The van der Waals surface area contributed by atoms with Crippen molar-refractivity contribution in [2.75, 3.05) is 20.3 Å². The van der Waals surface area contributed by atoms with Gasteiger partial charge in [-0.05, 0) is 68.2 Å². The summed E-state index contributed by atoms with van der Waals surface area (Å²) in [5.74, 6) is 4.88. The van der Waals surface area contributed by atoms with Gasteiger partial charge >= 0.3 is 0 Å². The molecule has 1 unspecified atom stereocenters. The first-order valence-electron chi connectivity index (χ1n) is 8.39. The van der Waals surface area contributed by atoms with E-state index in [4.69, 9.17) is 9.47 Å². The third-order valence-electron chi connectivity index (χ3n) is 5.31. The van der Waals surface area contributed by atoms with E-state index in [9.17, 15) is 0 Å². The molecular formula is C18H25NO2. The summed E-state index contributed by atoms with van der Waals surface area (Å²) in [7, 11) is 1.73. The fourth-order valence-electron chi connectivity index (χ4n) is 3.76. The van der Waals surface area contributed by atoms with Gasteiger partial charge in [0, 0.05) is 18.0 Å². The third-order valence-corrected chi connectivity index (χ3v) is 5.31. The van der Waals surface area contributed by atoms with Crippen LogP contribution >= 0.6 is 0 Å². The Morgan fingerprint density at radius 1 is 1.19 bits per heavy atom. The highest BCUT2D eigenvalue weighted by Crippen LogP contribution is 2.49. The lowest BCUT2D eigenvalue weighted by Crippen LogP contribution is -2.32. The van der Waals surface area contributed by atoms with Gasteiger partial charge in [0.25, 0.3) is 0 Å². The highest BCUT2D eigenvalue weighted by atomic mass is 16.5. The molecular weight excluding hydrogens is 262 g/mol. The van der Waals surface area contributed by atoms with Gasteiger partial charge in [-0.25, -0.2) is 0 Å². The highest BCUT2D eigenvalue weighted by molar-refractivity contribution is 5.43. The van der Waals surface area contributed by atoms with Crippen molar-refractivity contribution in [3.8, 4) is 11.5 Å². The number of rotatable bonds is 6. The Morgan fingerprint density at radius 3 is 2.62 bits per heavy atom. The fourth-order valence-corrected chi connectivity index (χ4v) is 3.76. The second-order valence-electron chi connectivity index (χ2n) is 6.84. The van der Waals surface area contributed by atoms with Crippen LogP contribution in [0.1, 0.15) is 43.7 Å². The summed E-state index contributed by atoms with van der Waals surface area (Å²) in [6, 6.07) is 6.58. The maximum Gasteiger partial charge on any atom is 0.124 e. The monoisotopic (exact) mass is 287 g/mol. The van der Waals surface area contributed by atoms with Gasteiger partial charge < -0.3 is 14.8 Å². The summed E-state index contributed by atoms with van der Waals surface area (Å²) < 4.78 is 11.2. The van der Waals surface area contributed by atoms with Crippen LogP contribution in [0, 0.1) is 17.8 Å². The fraction of sp³-hybridized carbons (Fsp3) is 0.667. The van der Waals surface area contributed by atoms with Crippen molar-refractivity contribution < 1.29 is 9.47 Å². The predicted octanol–water partition coefficient (Wildman–Crippen LogP) is 3.54. The Morgan fingerprint density at radius 2 is 1.95 bits per heavy atom. The normalized spacial score (nSPS) is 24.6. The van der Waals surface area contributed by atoms with E-state index < -0.39 is 0 Å². The van der Waals surface area contributed by atoms with Crippen LogP contribution in [0.25, 0.3) is 0 Å². The minimum Gasteiger partial charge on any atom is -0.497 e. The van der Waals surface area contributed by atoms with Gasteiger partial charge in [-0.15, -0.1) is 0 Å². The minimum atomic E-state index is 0.420. The molecule has 0 radical (unpaired) electrons. The van der Waals surface area contributed by atoms with Gasteiger partial charge in [-0.3, -0.25) is 0 Å². The maximum atomic E-state index is 5.78. The molecule has 114 valence electrons. The lowest BCUT2D eigenvalue weighted by atomic mass is 9.95. The molecule has 1 aromatic carbocycles.